The van der Waals surface area contributed by atoms with Crippen LogP contribution in [0.5, 0.6) is 0 Å². The zero-order valence-corrected chi connectivity index (χ0v) is 11.9. The van der Waals surface area contributed by atoms with Gasteiger partial charge in [0.25, 0.3) is 0 Å². The van der Waals surface area contributed by atoms with E-state index in [0.717, 1.165) is 32.1 Å². The Morgan fingerprint density at radius 2 is 1.89 bits per heavy atom. The number of benzene rings is 1. The topological polar surface area (TPSA) is 46.2 Å². The molecule has 1 aromatic carbocycles. The van der Waals surface area contributed by atoms with Crippen molar-refractivity contribution in [1.82, 2.24) is 0 Å². The van der Waals surface area contributed by atoms with Gasteiger partial charge in [-0.25, -0.2) is 0 Å². The summed E-state index contributed by atoms with van der Waals surface area (Å²) in [5.74, 6) is 0.617. The largest absolute Gasteiger partial charge is 0.389 e. The summed E-state index contributed by atoms with van der Waals surface area (Å²) in [6, 6.07) is 8.59. The molecule has 1 fully saturated rings. The third kappa shape index (κ3) is 2.02. The van der Waals surface area contributed by atoms with Gasteiger partial charge >= 0.3 is 0 Å². The Labute approximate surface area is 116 Å². The maximum Gasteiger partial charge on any atom is 0.0724 e. The Balaban J connectivity index is 1.93. The van der Waals surface area contributed by atoms with E-state index in [9.17, 15) is 5.11 Å². The summed E-state index contributed by atoms with van der Waals surface area (Å²) in [5.41, 5.74) is 8.22. The Hall–Kier alpha value is -0.860. The second-order valence-corrected chi connectivity index (χ2v) is 6.84. The lowest BCUT2D eigenvalue weighted by Gasteiger charge is -2.48. The van der Waals surface area contributed by atoms with E-state index in [0.29, 0.717) is 12.5 Å². The molecule has 0 saturated heterocycles. The second-order valence-electron chi connectivity index (χ2n) is 6.84. The van der Waals surface area contributed by atoms with Crippen LogP contribution in [0.15, 0.2) is 24.3 Å². The maximum atomic E-state index is 11.3. The first kappa shape index (κ1) is 13.1. The van der Waals surface area contributed by atoms with Crippen LogP contribution in [0.3, 0.4) is 0 Å². The van der Waals surface area contributed by atoms with Gasteiger partial charge in [-0.2, -0.15) is 0 Å². The van der Waals surface area contributed by atoms with Crippen molar-refractivity contribution in [2.45, 2.75) is 51.0 Å². The quantitative estimate of drug-likeness (QED) is 0.857. The smallest absolute Gasteiger partial charge is 0.0724 e. The minimum atomic E-state index is -0.571. The molecule has 2 unspecified atom stereocenters. The predicted octanol–water partition coefficient (Wildman–Crippen LogP) is 2.67. The number of hydrogen-bond acceptors (Lipinski definition) is 2. The molecule has 0 bridgehead atoms. The van der Waals surface area contributed by atoms with E-state index in [1.165, 1.54) is 17.5 Å². The van der Waals surface area contributed by atoms with E-state index in [1.807, 2.05) is 0 Å². The van der Waals surface area contributed by atoms with Crippen LogP contribution >= 0.6 is 0 Å². The summed E-state index contributed by atoms with van der Waals surface area (Å²) in [6.07, 6.45) is 6.11. The molecule has 1 aromatic rings. The van der Waals surface area contributed by atoms with Crippen molar-refractivity contribution < 1.29 is 5.11 Å². The second kappa shape index (κ2) is 4.60. The zero-order valence-electron chi connectivity index (χ0n) is 11.9. The van der Waals surface area contributed by atoms with Gasteiger partial charge in [0.2, 0.25) is 0 Å². The number of hydrogen-bond donors (Lipinski definition) is 2. The summed E-state index contributed by atoms with van der Waals surface area (Å²) in [5, 5.41) is 11.3. The lowest BCUT2D eigenvalue weighted by molar-refractivity contribution is -0.112. The lowest BCUT2D eigenvalue weighted by atomic mass is 9.61. The van der Waals surface area contributed by atoms with Crippen molar-refractivity contribution in [3.63, 3.8) is 0 Å². The highest BCUT2D eigenvalue weighted by Gasteiger charge is 2.53. The van der Waals surface area contributed by atoms with Crippen LogP contribution in [0.2, 0.25) is 0 Å². The monoisotopic (exact) mass is 259 g/mol. The van der Waals surface area contributed by atoms with Crippen LogP contribution in [-0.4, -0.2) is 17.3 Å². The van der Waals surface area contributed by atoms with Crippen molar-refractivity contribution in [1.29, 1.82) is 0 Å². The molecule has 0 spiro atoms. The Morgan fingerprint density at radius 3 is 2.42 bits per heavy atom. The molecule has 19 heavy (non-hydrogen) atoms. The first-order valence-corrected chi connectivity index (χ1v) is 7.58. The molecule has 0 aliphatic heterocycles. The molecule has 3 N–H and O–H groups in total. The van der Waals surface area contributed by atoms with Gasteiger partial charge in [-0.1, -0.05) is 44.0 Å². The molecular weight excluding hydrogens is 234 g/mol. The van der Waals surface area contributed by atoms with Crippen molar-refractivity contribution in [2.75, 3.05) is 6.54 Å². The van der Waals surface area contributed by atoms with Crippen LogP contribution in [0.1, 0.15) is 43.7 Å². The molecule has 0 amide bonds. The number of fused-ring (bicyclic) bond motifs is 1. The van der Waals surface area contributed by atoms with Gasteiger partial charge in [0.1, 0.15) is 0 Å². The molecule has 0 heterocycles. The van der Waals surface area contributed by atoms with E-state index < -0.39 is 5.60 Å². The van der Waals surface area contributed by atoms with Gasteiger partial charge in [-0.3, -0.25) is 0 Å². The summed E-state index contributed by atoms with van der Waals surface area (Å²) in [7, 11) is 0. The van der Waals surface area contributed by atoms with Crippen molar-refractivity contribution >= 4 is 0 Å². The molecule has 104 valence electrons. The molecule has 1 saturated carbocycles. The lowest BCUT2D eigenvalue weighted by Crippen LogP contribution is -2.55. The van der Waals surface area contributed by atoms with Crippen LogP contribution in [0, 0.1) is 11.3 Å². The molecule has 3 rings (SSSR count). The third-order valence-electron chi connectivity index (χ3n) is 5.53. The summed E-state index contributed by atoms with van der Waals surface area (Å²) in [4.78, 5) is 0. The highest BCUT2D eigenvalue weighted by atomic mass is 16.3. The van der Waals surface area contributed by atoms with E-state index >= 15 is 0 Å². The minimum Gasteiger partial charge on any atom is -0.389 e. The van der Waals surface area contributed by atoms with Crippen LogP contribution in [0.4, 0.5) is 0 Å². The first-order valence-electron chi connectivity index (χ1n) is 7.58. The van der Waals surface area contributed by atoms with Gasteiger partial charge in [-0.05, 0) is 42.7 Å². The van der Waals surface area contributed by atoms with E-state index in [2.05, 4.69) is 31.2 Å². The van der Waals surface area contributed by atoms with E-state index in [-0.39, 0.29) is 5.41 Å². The fourth-order valence-corrected chi connectivity index (χ4v) is 4.36. The zero-order chi connectivity index (χ0) is 13.5. The molecule has 2 heteroatoms. The van der Waals surface area contributed by atoms with Crippen LogP contribution in [-0.2, 0) is 12.8 Å². The number of nitrogens with two attached hydrogens (primary N) is 1. The van der Waals surface area contributed by atoms with E-state index in [4.69, 9.17) is 5.73 Å². The summed E-state index contributed by atoms with van der Waals surface area (Å²) < 4.78 is 0. The fraction of sp³-hybridized carbons (Fsp3) is 0.647. The van der Waals surface area contributed by atoms with Crippen LogP contribution < -0.4 is 5.73 Å². The summed E-state index contributed by atoms with van der Waals surface area (Å²) >= 11 is 0. The highest BCUT2D eigenvalue weighted by Crippen LogP contribution is 2.51. The Morgan fingerprint density at radius 1 is 1.26 bits per heavy atom. The van der Waals surface area contributed by atoms with Crippen molar-refractivity contribution in [2.24, 2.45) is 17.1 Å². The first-order chi connectivity index (χ1) is 9.09. The molecule has 2 nitrogen and oxygen atoms in total. The van der Waals surface area contributed by atoms with Crippen LogP contribution in [0.25, 0.3) is 0 Å². The van der Waals surface area contributed by atoms with E-state index in [1.54, 1.807) is 0 Å². The third-order valence-corrected chi connectivity index (χ3v) is 5.53. The standard InChI is InChI=1S/C17H25NO/c1-13-5-4-8-17(19,9-13)16(12-18)10-14-6-2-3-7-15(14)11-16/h2-3,6-7,13,19H,4-5,8-12,18H2,1H3. The molecule has 2 atom stereocenters. The normalized spacial score (nSPS) is 33.1. The van der Waals surface area contributed by atoms with Gasteiger partial charge in [-0.15, -0.1) is 0 Å². The number of rotatable bonds is 2. The van der Waals surface area contributed by atoms with Gasteiger partial charge in [0.15, 0.2) is 0 Å². The maximum absolute atomic E-state index is 11.3. The average molecular weight is 259 g/mol. The molecule has 2 aliphatic carbocycles. The molecule has 2 aliphatic rings. The Bertz CT molecular complexity index is 445. The minimum absolute atomic E-state index is 0.134. The van der Waals surface area contributed by atoms with Gasteiger partial charge < -0.3 is 10.8 Å². The average Bonchev–Trinajstić information content (AvgIpc) is 2.79. The molecular formula is C17H25NO. The predicted molar refractivity (Wildman–Crippen MR) is 77.9 cm³/mol. The molecule has 0 aromatic heterocycles. The van der Waals surface area contributed by atoms with Crippen molar-refractivity contribution in [3.05, 3.63) is 35.4 Å². The van der Waals surface area contributed by atoms with Crippen molar-refractivity contribution in [3.8, 4) is 0 Å². The fourth-order valence-electron chi connectivity index (χ4n) is 4.36. The SMILES string of the molecule is CC1CCCC(O)(C2(CN)Cc3ccccc3C2)C1. The highest BCUT2D eigenvalue weighted by molar-refractivity contribution is 5.36. The van der Waals surface area contributed by atoms with Gasteiger partial charge in [0.05, 0.1) is 5.60 Å². The molecule has 0 radical (unpaired) electrons. The Kier molecular flexibility index (Phi) is 3.18. The summed E-state index contributed by atoms with van der Waals surface area (Å²) in [6.45, 7) is 2.85. The van der Waals surface area contributed by atoms with Gasteiger partial charge in [0, 0.05) is 12.0 Å². The number of aliphatic hydroxyl groups is 1.